The molecule has 1 aliphatic heterocycles. The molecule has 7 rings (SSSR count). The lowest BCUT2D eigenvalue weighted by atomic mass is 9.90. The van der Waals surface area contributed by atoms with Crippen LogP contribution in [-0.2, 0) is 4.74 Å². The molecule has 1 atom stereocenters. The van der Waals surface area contributed by atoms with Crippen LogP contribution in [0.3, 0.4) is 0 Å². The van der Waals surface area contributed by atoms with Crippen LogP contribution in [-0.4, -0.2) is 18.5 Å². The average molecular weight is 536 g/mol. The van der Waals surface area contributed by atoms with Gasteiger partial charge in [-0.1, -0.05) is 134 Å². The van der Waals surface area contributed by atoms with E-state index in [4.69, 9.17) is 9.73 Å². The Balaban J connectivity index is 1.61. The van der Waals surface area contributed by atoms with Gasteiger partial charge in [-0.2, -0.15) is 0 Å². The Morgan fingerprint density at radius 3 is 1.77 bits per heavy atom. The summed E-state index contributed by atoms with van der Waals surface area (Å²) in [6, 6.07) is 48.7. The molecule has 6 aromatic rings. The van der Waals surface area contributed by atoms with Gasteiger partial charge >= 0.3 is 0 Å². The van der Waals surface area contributed by atoms with Gasteiger partial charge < -0.3 is 4.74 Å². The van der Waals surface area contributed by atoms with Crippen molar-refractivity contribution >= 4 is 51.3 Å². The second-order valence-electron chi connectivity index (χ2n) is 10.2. The van der Waals surface area contributed by atoms with E-state index < -0.39 is 7.92 Å². The van der Waals surface area contributed by atoms with Gasteiger partial charge in [0.25, 0.3) is 0 Å². The van der Waals surface area contributed by atoms with Gasteiger partial charge in [0.1, 0.15) is 6.61 Å². The van der Waals surface area contributed by atoms with Gasteiger partial charge in [0.15, 0.2) is 0 Å². The molecule has 0 saturated heterocycles. The Labute approximate surface area is 236 Å². The Morgan fingerprint density at radius 1 is 0.625 bits per heavy atom. The highest BCUT2D eigenvalue weighted by atomic mass is 31.1. The number of aliphatic imine (C=N–C) groups is 1. The van der Waals surface area contributed by atoms with Crippen molar-refractivity contribution in [1.29, 1.82) is 0 Å². The molecular weight excluding hydrogens is 505 g/mol. The van der Waals surface area contributed by atoms with Gasteiger partial charge in [-0.3, -0.25) is 0 Å². The topological polar surface area (TPSA) is 21.6 Å². The van der Waals surface area contributed by atoms with Crippen molar-refractivity contribution in [3.8, 4) is 11.1 Å². The van der Waals surface area contributed by atoms with E-state index in [0.29, 0.717) is 6.61 Å². The number of rotatable bonds is 6. The zero-order chi connectivity index (χ0) is 26.9. The predicted molar refractivity (Wildman–Crippen MR) is 172 cm³/mol. The predicted octanol–water partition coefficient (Wildman–Crippen LogP) is 7.97. The van der Waals surface area contributed by atoms with Crippen LogP contribution in [0.5, 0.6) is 0 Å². The second-order valence-corrected chi connectivity index (χ2v) is 12.4. The first-order valence-electron chi connectivity index (χ1n) is 14.0. The van der Waals surface area contributed by atoms with Gasteiger partial charge in [0.05, 0.1) is 6.04 Å². The molecule has 0 aromatic heterocycles. The smallest absolute Gasteiger partial charge is 0.217 e. The fourth-order valence-corrected chi connectivity index (χ4v) is 8.26. The summed E-state index contributed by atoms with van der Waals surface area (Å²) in [5.41, 5.74) is 3.55. The molecule has 0 aliphatic carbocycles. The molecule has 0 spiro atoms. The number of hydrogen-bond donors (Lipinski definition) is 0. The van der Waals surface area contributed by atoms with Crippen molar-refractivity contribution in [2.24, 2.45) is 4.99 Å². The second kappa shape index (κ2) is 10.7. The van der Waals surface area contributed by atoms with Gasteiger partial charge in [-0.15, -0.1) is 0 Å². The standard InChI is InChI=1S/C37H30NOP/c1-2-28-25-39-37(38-28)33-23-21-26-13-9-11-19-31(26)35(33)36-32-20-12-10-14-27(32)22-24-34(36)40(29-15-5-3-6-16-29)30-17-7-4-8-18-30/h3-24,28H,2,25H2,1H3/t28-/m0/s1. The lowest BCUT2D eigenvalue weighted by Gasteiger charge is -2.25. The van der Waals surface area contributed by atoms with Crippen LogP contribution in [0.15, 0.2) is 138 Å². The minimum atomic E-state index is -0.836. The lowest BCUT2D eigenvalue weighted by molar-refractivity contribution is 0.315. The van der Waals surface area contributed by atoms with Gasteiger partial charge in [0, 0.05) is 11.1 Å². The average Bonchev–Trinajstić information content (AvgIpc) is 3.51. The maximum absolute atomic E-state index is 6.29. The third-order valence-corrected chi connectivity index (χ3v) is 10.3. The Kier molecular flexibility index (Phi) is 6.63. The lowest BCUT2D eigenvalue weighted by Crippen LogP contribution is -2.23. The van der Waals surface area contributed by atoms with Crippen molar-refractivity contribution in [3.05, 3.63) is 139 Å². The van der Waals surface area contributed by atoms with Crippen molar-refractivity contribution in [3.63, 3.8) is 0 Å². The fourth-order valence-electron chi connectivity index (χ4n) is 5.78. The van der Waals surface area contributed by atoms with Crippen LogP contribution in [0.2, 0.25) is 0 Å². The molecule has 0 bridgehead atoms. The normalized spacial score (nSPS) is 14.9. The summed E-state index contributed by atoms with van der Waals surface area (Å²) in [5, 5.41) is 8.94. The van der Waals surface area contributed by atoms with E-state index in [1.54, 1.807) is 0 Å². The molecule has 194 valence electrons. The summed E-state index contributed by atoms with van der Waals surface area (Å²) in [4.78, 5) is 5.04. The molecule has 40 heavy (non-hydrogen) atoms. The SMILES string of the molecule is CC[C@H]1COC(c2ccc3ccccc3c2-c2c(P(c3ccccc3)c3ccccc3)ccc3ccccc23)=N1. The third kappa shape index (κ3) is 4.39. The molecule has 3 heteroatoms. The van der Waals surface area contributed by atoms with Crippen LogP contribution < -0.4 is 15.9 Å². The van der Waals surface area contributed by atoms with Crippen LogP contribution >= 0.6 is 7.92 Å². The molecule has 6 aromatic carbocycles. The number of benzene rings is 6. The molecule has 0 N–H and O–H groups in total. The van der Waals surface area contributed by atoms with E-state index in [0.717, 1.165) is 17.9 Å². The molecule has 1 aliphatic rings. The summed E-state index contributed by atoms with van der Waals surface area (Å²) in [5.74, 6) is 0.759. The summed E-state index contributed by atoms with van der Waals surface area (Å²) in [6.07, 6.45) is 0.971. The third-order valence-electron chi connectivity index (χ3n) is 7.77. The van der Waals surface area contributed by atoms with Crippen molar-refractivity contribution in [2.45, 2.75) is 19.4 Å². The molecule has 0 radical (unpaired) electrons. The van der Waals surface area contributed by atoms with Crippen molar-refractivity contribution in [1.82, 2.24) is 0 Å². The number of hydrogen-bond acceptors (Lipinski definition) is 2. The van der Waals surface area contributed by atoms with E-state index in [2.05, 4.69) is 140 Å². The van der Waals surface area contributed by atoms with E-state index in [9.17, 15) is 0 Å². The van der Waals surface area contributed by atoms with Crippen molar-refractivity contribution < 1.29 is 4.74 Å². The number of nitrogens with zero attached hydrogens (tertiary/aromatic N) is 1. The van der Waals surface area contributed by atoms with Crippen LogP contribution in [0.25, 0.3) is 32.7 Å². The molecule has 2 nitrogen and oxygen atoms in total. The van der Waals surface area contributed by atoms with Crippen molar-refractivity contribution in [2.75, 3.05) is 6.61 Å². The maximum atomic E-state index is 6.29. The minimum absolute atomic E-state index is 0.201. The zero-order valence-corrected chi connectivity index (χ0v) is 23.4. The highest BCUT2D eigenvalue weighted by Crippen LogP contribution is 2.43. The molecule has 0 saturated carbocycles. The van der Waals surface area contributed by atoms with E-state index in [1.807, 2.05) is 0 Å². The summed E-state index contributed by atoms with van der Waals surface area (Å²) >= 11 is 0. The fraction of sp³-hybridized carbons (Fsp3) is 0.108. The molecule has 0 fully saturated rings. The first-order chi connectivity index (χ1) is 19.8. The van der Waals surface area contributed by atoms with E-state index in [-0.39, 0.29) is 6.04 Å². The van der Waals surface area contributed by atoms with Gasteiger partial charge in [0.2, 0.25) is 5.90 Å². The summed E-state index contributed by atoms with van der Waals surface area (Å²) in [6.45, 7) is 2.82. The molecule has 1 heterocycles. The molecule has 0 amide bonds. The summed E-state index contributed by atoms with van der Waals surface area (Å²) in [7, 11) is -0.836. The highest BCUT2D eigenvalue weighted by molar-refractivity contribution is 7.80. The molecule has 0 unspecified atom stereocenters. The first kappa shape index (κ1) is 24.8. The maximum Gasteiger partial charge on any atom is 0.217 e. The zero-order valence-electron chi connectivity index (χ0n) is 22.5. The highest BCUT2D eigenvalue weighted by Gasteiger charge is 2.28. The Bertz CT molecular complexity index is 1810. The van der Waals surface area contributed by atoms with Crippen LogP contribution in [0, 0.1) is 0 Å². The van der Waals surface area contributed by atoms with Gasteiger partial charge in [-0.25, -0.2) is 4.99 Å². The quantitative estimate of drug-likeness (QED) is 0.198. The van der Waals surface area contributed by atoms with Crippen LogP contribution in [0.1, 0.15) is 18.9 Å². The monoisotopic (exact) mass is 535 g/mol. The van der Waals surface area contributed by atoms with Crippen LogP contribution in [0.4, 0.5) is 0 Å². The van der Waals surface area contributed by atoms with Gasteiger partial charge in [-0.05, 0) is 63.4 Å². The Hall–Kier alpha value is -4.26. The number of fused-ring (bicyclic) bond motifs is 2. The molecular formula is C37H30NOP. The minimum Gasteiger partial charge on any atom is -0.475 e. The largest absolute Gasteiger partial charge is 0.475 e. The van der Waals surface area contributed by atoms with E-state index >= 15 is 0 Å². The number of ether oxygens (including phenoxy) is 1. The van der Waals surface area contributed by atoms with E-state index in [1.165, 1.54) is 48.6 Å². The summed E-state index contributed by atoms with van der Waals surface area (Å²) < 4.78 is 6.29. The Morgan fingerprint density at radius 2 is 1.18 bits per heavy atom. The first-order valence-corrected chi connectivity index (χ1v) is 15.3.